The molecule has 1 saturated heterocycles. The third-order valence-electron chi connectivity index (χ3n) is 2.52. The number of imide groups is 1. The van der Waals surface area contributed by atoms with Crippen molar-refractivity contribution in [2.75, 3.05) is 6.54 Å². The number of urea groups is 1. The zero-order chi connectivity index (χ0) is 13.5. The first-order valence-electron chi connectivity index (χ1n) is 5.83. The zero-order valence-corrected chi connectivity index (χ0v) is 10.8. The number of carbonyl (C=O) groups excluding carboxylic acids is 2. The molecule has 0 spiro atoms. The third-order valence-corrected chi connectivity index (χ3v) is 2.52. The summed E-state index contributed by atoms with van der Waals surface area (Å²) in [6.45, 7) is 7.89. The summed E-state index contributed by atoms with van der Waals surface area (Å²) < 4.78 is 0. The molecule has 96 valence electrons. The molecule has 1 N–H and O–H groups in total. The Labute approximate surface area is 107 Å². The van der Waals surface area contributed by atoms with E-state index in [4.69, 9.17) is 0 Å². The second-order valence-corrected chi connectivity index (χ2v) is 3.96. The molecule has 1 aliphatic heterocycles. The minimum absolute atomic E-state index is 0.231. The van der Waals surface area contributed by atoms with E-state index in [1.54, 1.807) is 11.0 Å². The summed E-state index contributed by atoms with van der Waals surface area (Å²) in [4.78, 5) is 24.4. The van der Waals surface area contributed by atoms with Crippen LogP contribution >= 0.6 is 0 Å². The molecule has 1 aliphatic rings. The SMILES string of the molecule is C=C\C(C)=C/C(=C\C=C/C)N1CCC(=O)NC1=O. The summed E-state index contributed by atoms with van der Waals surface area (Å²) in [7, 11) is 0. The third kappa shape index (κ3) is 3.73. The fourth-order valence-corrected chi connectivity index (χ4v) is 1.51. The van der Waals surface area contributed by atoms with Gasteiger partial charge in [-0.2, -0.15) is 0 Å². The molecule has 0 aromatic heterocycles. The molecule has 0 aromatic carbocycles. The van der Waals surface area contributed by atoms with Crippen LogP contribution in [0, 0.1) is 0 Å². The molecule has 1 heterocycles. The van der Waals surface area contributed by atoms with E-state index in [-0.39, 0.29) is 11.9 Å². The van der Waals surface area contributed by atoms with Crippen molar-refractivity contribution in [2.24, 2.45) is 0 Å². The van der Waals surface area contributed by atoms with Crippen LogP contribution in [0.3, 0.4) is 0 Å². The molecule has 0 radical (unpaired) electrons. The van der Waals surface area contributed by atoms with E-state index >= 15 is 0 Å². The zero-order valence-electron chi connectivity index (χ0n) is 10.8. The fraction of sp³-hybridized carbons (Fsp3) is 0.286. The minimum atomic E-state index is -0.380. The van der Waals surface area contributed by atoms with Crippen molar-refractivity contribution >= 4 is 11.9 Å². The van der Waals surface area contributed by atoms with Gasteiger partial charge in [-0.1, -0.05) is 24.8 Å². The number of nitrogens with zero attached hydrogens (tertiary/aromatic N) is 1. The van der Waals surface area contributed by atoms with E-state index in [1.165, 1.54) is 0 Å². The maximum absolute atomic E-state index is 11.8. The topological polar surface area (TPSA) is 49.4 Å². The lowest BCUT2D eigenvalue weighted by Crippen LogP contribution is -2.48. The lowest BCUT2D eigenvalue weighted by molar-refractivity contribution is -0.121. The van der Waals surface area contributed by atoms with Crippen LogP contribution in [0.25, 0.3) is 0 Å². The molecule has 1 fully saturated rings. The van der Waals surface area contributed by atoms with E-state index < -0.39 is 0 Å². The van der Waals surface area contributed by atoms with E-state index in [1.807, 2.05) is 38.2 Å². The number of amides is 3. The second-order valence-electron chi connectivity index (χ2n) is 3.96. The van der Waals surface area contributed by atoms with Crippen LogP contribution in [0.1, 0.15) is 20.3 Å². The Kier molecular flexibility index (Phi) is 5.11. The van der Waals surface area contributed by atoms with E-state index in [0.29, 0.717) is 13.0 Å². The Balaban J connectivity index is 3.00. The molecular formula is C14H18N2O2. The van der Waals surface area contributed by atoms with Crippen molar-refractivity contribution in [1.29, 1.82) is 0 Å². The van der Waals surface area contributed by atoms with Crippen molar-refractivity contribution in [1.82, 2.24) is 10.2 Å². The molecule has 4 nitrogen and oxygen atoms in total. The largest absolute Gasteiger partial charge is 0.328 e. The van der Waals surface area contributed by atoms with Gasteiger partial charge in [0.1, 0.15) is 0 Å². The summed E-state index contributed by atoms with van der Waals surface area (Å²) >= 11 is 0. The van der Waals surface area contributed by atoms with E-state index in [9.17, 15) is 9.59 Å². The van der Waals surface area contributed by atoms with Gasteiger partial charge in [-0.25, -0.2) is 4.79 Å². The first-order chi connectivity index (χ1) is 8.58. The highest BCUT2D eigenvalue weighted by atomic mass is 16.2. The summed E-state index contributed by atoms with van der Waals surface area (Å²) in [6, 6.07) is -0.380. The van der Waals surface area contributed by atoms with Gasteiger partial charge in [0.2, 0.25) is 5.91 Å². The molecule has 0 unspecified atom stereocenters. The van der Waals surface area contributed by atoms with E-state index in [0.717, 1.165) is 11.3 Å². The normalized spacial score (nSPS) is 18.2. The number of carbonyl (C=O) groups is 2. The molecule has 0 saturated carbocycles. The number of nitrogens with one attached hydrogen (secondary N) is 1. The maximum atomic E-state index is 11.8. The Morgan fingerprint density at radius 2 is 2.17 bits per heavy atom. The summed E-state index contributed by atoms with van der Waals surface area (Å²) in [5.74, 6) is -0.231. The molecule has 0 aromatic rings. The molecule has 0 atom stereocenters. The average Bonchev–Trinajstić information content (AvgIpc) is 2.34. The summed E-state index contributed by atoms with van der Waals surface area (Å²) in [5, 5.41) is 2.31. The highest BCUT2D eigenvalue weighted by Crippen LogP contribution is 2.14. The molecule has 0 aliphatic carbocycles. The van der Waals surface area contributed by atoms with Gasteiger partial charge in [0, 0.05) is 18.7 Å². The van der Waals surface area contributed by atoms with Gasteiger partial charge in [-0.3, -0.25) is 15.0 Å². The van der Waals surface area contributed by atoms with Crippen LogP contribution in [0.15, 0.2) is 48.2 Å². The van der Waals surface area contributed by atoms with Crippen LogP contribution in [0.2, 0.25) is 0 Å². The highest BCUT2D eigenvalue weighted by Gasteiger charge is 2.24. The van der Waals surface area contributed by atoms with Crippen LogP contribution in [-0.4, -0.2) is 23.4 Å². The van der Waals surface area contributed by atoms with Crippen LogP contribution in [-0.2, 0) is 4.79 Å². The van der Waals surface area contributed by atoms with Gasteiger partial charge in [-0.05, 0) is 31.6 Å². The predicted octanol–water partition coefficient (Wildman–Crippen LogP) is 2.52. The second kappa shape index (κ2) is 6.59. The van der Waals surface area contributed by atoms with Crippen LogP contribution in [0.4, 0.5) is 4.79 Å². The van der Waals surface area contributed by atoms with Crippen molar-refractivity contribution in [3.63, 3.8) is 0 Å². The fourth-order valence-electron chi connectivity index (χ4n) is 1.51. The Morgan fingerprint density at radius 1 is 1.44 bits per heavy atom. The minimum Gasteiger partial charge on any atom is -0.294 e. The molecule has 0 bridgehead atoms. The number of hydrogen-bond acceptors (Lipinski definition) is 2. The van der Waals surface area contributed by atoms with Crippen LogP contribution in [0.5, 0.6) is 0 Å². The molecule has 4 heteroatoms. The lowest BCUT2D eigenvalue weighted by atomic mass is 10.2. The number of rotatable bonds is 4. The van der Waals surface area contributed by atoms with Gasteiger partial charge in [0.25, 0.3) is 0 Å². The molecule has 3 amide bonds. The Bertz CT molecular complexity index is 445. The van der Waals surface area contributed by atoms with Gasteiger partial charge >= 0.3 is 6.03 Å². The van der Waals surface area contributed by atoms with Crippen molar-refractivity contribution < 1.29 is 9.59 Å². The quantitative estimate of drug-likeness (QED) is 0.775. The Hall–Kier alpha value is -2.10. The standard InChI is InChI=1S/C14H18N2O2/c1-4-6-7-12(10-11(3)5-2)16-9-8-13(17)15-14(16)18/h4-7,10H,2,8-9H2,1,3H3,(H,15,17,18)/b6-4-,11-10-,12-7+. The van der Waals surface area contributed by atoms with Gasteiger partial charge in [-0.15, -0.1) is 0 Å². The van der Waals surface area contributed by atoms with Crippen LogP contribution < -0.4 is 5.32 Å². The Morgan fingerprint density at radius 3 is 2.72 bits per heavy atom. The van der Waals surface area contributed by atoms with Crippen molar-refractivity contribution in [3.05, 3.63) is 48.2 Å². The predicted molar refractivity (Wildman–Crippen MR) is 71.7 cm³/mol. The lowest BCUT2D eigenvalue weighted by Gasteiger charge is -2.27. The molecule has 1 rings (SSSR count). The smallest absolute Gasteiger partial charge is 0.294 e. The number of allylic oxidation sites excluding steroid dienone is 6. The molecule has 18 heavy (non-hydrogen) atoms. The highest BCUT2D eigenvalue weighted by molar-refractivity contribution is 5.97. The maximum Gasteiger partial charge on any atom is 0.328 e. The molecular weight excluding hydrogens is 228 g/mol. The van der Waals surface area contributed by atoms with E-state index in [2.05, 4.69) is 11.9 Å². The monoisotopic (exact) mass is 246 g/mol. The average molecular weight is 246 g/mol. The van der Waals surface area contributed by atoms with Gasteiger partial charge in [0.15, 0.2) is 0 Å². The van der Waals surface area contributed by atoms with Gasteiger partial charge < -0.3 is 0 Å². The van der Waals surface area contributed by atoms with Crippen molar-refractivity contribution in [2.45, 2.75) is 20.3 Å². The summed E-state index contributed by atoms with van der Waals surface area (Å²) in [5.41, 5.74) is 1.70. The number of hydrogen-bond donors (Lipinski definition) is 1. The van der Waals surface area contributed by atoms with Crippen molar-refractivity contribution in [3.8, 4) is 0 Å². The first-order valence-corrected chi connectivity index (χ1v) is 5.83. The van der Waals surface area contributed by atoms with Gasteiger partial charge in [0.05, 0.1) is 0 Å². The summed E-state index contributed by atoms with van der Waals surface area (Å²) in [6.07, 6.45) is 9.47. The first kappa shape index (κ1) is 14.0.